The van der Waals surface area contributed by atoms with Gasteiger partial charge in [0.1, 0.15) is 11.9 Å². The molecule has 2 bridgehead atoms. The summed E-state index contributed by atoms with van der Waals surface area (Å²) >= 11 is 0. The van der Waals surface area contributed by atoms with Crippen LogP contribution in [0.1, 0.15) is 75.2 Å². The van der Waals surface area contributed by atoms with Gasteiger partial charge in [-0.15, -0.1) is 0 Å². The Hall–Kier alpha value is -1.02. The van der Waals surface area contributed by atoms with Crippen LogP contribution in [0.3, 0.4) is 0 Å². The van der Waals surface area contributed by atoms with E-state index in [1.807, 2.05) is 13.8 Å². The van der Waals surface area contributed by atoms with Gasteiger partial charge < -0.3 is 24.4 Å². The van der Waals surface area contributed by atoms with E-state index in [0.29, 0.717) is 6.42 Å². The fourth-order valence-corrected chi connectivity index (χ4v) is 5.38. The van der Waals surface area contributed by atoms with Crippen LogP contribution < -0.4 is 0 Å². The van der Waals surface area contributed by atoms with E-state index in [-0.39, 0.29) is 18.1 Å². The minimum atomic E-state index is -1.33. The van der Waals surface area contributed by atoms with Crippen LogP contribution in [-0.2, 0) is 23.8 Å². The second-order valence-electron chi connectivity index (χ2n) is 10.6. The lowest BCUT2D eigenvalue weighted by Gasteiger charge is -2.51. The summed E-state index contributed by atoms with van der Waals surface area (Å²) in [7, 11) is 0. The van der Waals surface area contributed by atoms with Gasteiger partial charge in [-0.1, -0.05) is 34.6 Å². The van der Waals surface area contributed by atoms with Gasteiger partial charge in [-0.25, -0.2) is 0 Å². The monoisotopic (exact) mass is 442 g/mol. The van der Waals surface area contributed by atoms with Gasteiger partial charge in [-0.2, -0.15) is 0 Å². The minimum absolute atomic E-state index is 0.123. The van der Waals surface area contributed by atoms with Crippen molar-refractivity contribution < 1.29 is 34.0 Å². The maximum atomic E-state index is 13.1. The highest BCUT2D eigenvalue weighted by Crippen LogP contribution is 2.42. The highest BCUT2D eigenvalue weighted by molar-refractivity contribution is 5.83. The van der Waals surface area contributed by atoms with Gasteiger partial charge >= 0.3 is 5.97 Å². The molecule has 2 heterocycles. The average Bonchev–Trinajstić information content (AvgIpc) is 2.69. The van der Waals surface area contributed by atoms with Crippen molar-refractivity contribution in [3.8, 4) is 0 Å². The molecule has 7 nitrogen and oxygen atoms in total. The van der Waals surface area contributed by atoms with Gasteiger partial charge in [0.15, 0.2) is 5.79 Å². The summed E-state index contributed by atoms with van der Waals surface area (Å²) in [6.07, 6.45) is -1.93. The molecule has 2 aliphatic heterocycles. The molecule has 31 heavy (non-hydrogen) atoms. The zero-order chi connectivity index (χ0) is 23.9. The second kappa shape index (κ2) is 9.46. The third-order valence-electron chi connectivity index (χ3n) is 7.27. The highest BCUT2D eigenvalue weighted by Gasteiger charge is 2.52. The molecule has 180 valence electrons. The Morgan fingerprint density at radius 2 is 1.55 bits per heavy atom. The number of Topliss-reactive ketones (excluding diaryl/α,β-unsaturated/α-hetero) is 1. The molecular weight excluding hydrogens is 400 g/mol. The van der Waals surface area contributed by atoms with Gasteiger partial charge in [-0.05, 0) is 40.5 Å². The zero-order valence-electron chi connectivity index (χ0n) is 20.5. The third kappa shape index (κ3) is 5.49. The van der Waals surface area contributed by atoms with Gasteiger partial charge in [0.2, 0.25) is 0 Å². The molecule has 0 aromatic heterocycles. The van der Waals surface area contributed by atoms with E-state index >= 15 is 0 Å². The van der Waals surface area contributed by atoms with Crippen molar-refractivity contribution in [1.29, 1.82) is 0 Å². The summed E-state index contributed by atoms with van der Waals surface area (Å²) in [5, 5.41) is 22.3. The number of ketones is 1. The van der Waals surface area contributed by atoms with E-state index in [2.05, 4.69) is 0 Å². The fraction of sp³-hybridized carbons (Fsp3) is 0.917. The number of aliphatic hydroxyl groups excluding tert-OH is 1. The summed E-state index contributed by atoms with van der Waals surface area (Å²) in [4.78, 5) is 26.2. The number of esters is 1. The molecule has 0 radical (unpaired) electrons. The van der Waals surface area contributed by atoms with Crippen LogP contribution in [0.5, 0.6) is 0 Å². The SMILES string of the molecule is CC[C@H]1OC(=O)[C@H](C)[C@H]2OC(C)(C)O[C@H]([C@H]2C)[C@@](C)(O)C[C@@H](C)C(=O)[C@H](C)[C@@H](O)[C@H]1C. The quantitative estimate of drug-likeness (QED) is 0.602. The number of hydrogen-bond donors (Lipinski definition) is 2. The van der Waals surface area contributed by atoms with Crippen molar-refractivity contribution in [1.82, 2.24) is 0 Å². The van der Waals surface area contributed by atoms with Gasteiger partial charge in [-0.3, -0.25) is 9.59 Å². The summed E-state index contributed by atoms with van der Waals surface area (Å²) in [6, 6.07) is 0. The molecule has 0 aromatic carbocycles. The number of ether oxygens (including phenoxy) is 3. The topological polar surface area (TPSA) is 102 Å². The minimum Gasteiger partial charge on any atom is -0.462 e. The Morgan fingerprint density at radius 3 is 2.10 bits per heavy atom. The molecule has 0 unspecified atom stereocenters. The van der Waals surface area contributed by atoms with Crippen molar-refractivity contribution in [2.75, 3.05) is 0 Å². The van der Waals surface area contributed by atoms with E-state index < -0.39 is 65.4 Å². The molecule has 7 heteroatoms. The van der Waals surface area contributed by atoms with E-state index in [4.69, 9.17) is 14.2 Å². The van der Waals surface area contributed by atoms with E-state index in [0.717, 1.165) is 0 Å². The lowest BCUT2D eigenvalue weighted by atomic mass is 9.74. The molecule has 2 N–H and O–H groups in total. The predicted octanol–water partition coefficient (Wildman–Crippen LogP) is 3.09. The van der Waals surface area contributed by atoms with Crippen molar-refractivity contribution in [2.24, 2.45) is 29.6 Å². The number of fused-ring (bicyclic) bond motifs is 2. The van der Waals surface area contributed by atoms with Gasteiger partial charge in [0.05, 0.1) is 29.8 Å². The predicted molar refractivity (Wildman–Crippen MR) is 116 cm³/mol. The first kappa shape index (κ1) is 26.2. The summed E-state index contributed by atoms with van der Waals surface area (Å²) in [5.74, 6) is -3.98. The first-order valence-electron chi connectivity index (χ1n) is 11.6. The Labute approximate surface area is 186 Å². The average molecular weight is 443 g/mol. The third-order valence-corrected chi connectivity index (χ3v) is 7.27. The molecule has 0 aromatic rings. The van der Waals surface area contributed by atoms with Gasteiger partial charge in [0, 0.05) is 23.7 Å². The Bertz CT molecular complexity index is 658. The number of aliphatic hydroxyl groups is 2. The summed E-state index contributed by atoms with van der Waals surface area (Å²) in [6.45, 7) is 16.0. The lowest BCUT2D eigenvalue weighted by Crippen LogP contribution is -2.61. The van der Waals surface area contributed by atoms with Crippen molar-refractivity contribution in [3.63, 3.8) is 0 Å². The molecule has 0 saturated carbocycles. The Kier molecular flexibility index (Phi) is 8.00. The number of cyclic esters (lactones) is 1. The van der Waals surface area contributed by atoms with Crippen LogP contribution in [0.15, 0.2) is 0 Å². The van der Waals surface area contributed by atoms with Crippen molar-refractivity contribution in [2.45, 2.75) is 111 Å². The van der Waals surface area contributed by atoms with E-state index in [1.54, 1.807) is 48.5 Å². The first-order valence-corrected chi connectivity index (χ1v) is 11.6. The number of carbonyl (C=O) groups excluding carboxylic acids is 2. The summed E-state index contributed by atoms with van der Waals surface area (Å²) in [5.41, 5.74) is -1.33. The van der Waals surface area contributed by atoms with Crippen molar-refractivity contribution >= 4 is 11.8 Å². The molecule has 2 fully saturated rings. The highest BCUT2D eigenvalue weighted by atomic mass is 16.7. The van der Waals surface area contributed by atoms with Crippen LogP contribution >= 0.6 is 0 Å². The number of hydrogen-bond acceptors (Lipinski definition) is 7. The van der Waals surface area contributed by atoms with Crippen LogP contribution in [0.25, 0.3) is 0 Å². The molecular formula is C24H42O7. The normalized spacial score (nSPS) is 47.4. The zero-order valence-corrected chi connectivity index (χ0v) is 20.5. The standard InChI is InChI=1S/C24H42O7/c1-10-17-13(3)19(26)14(4)18(25)12(2)11-24(9,28)21-15(5)20(16(6)22(27)29-17)30-23(7,8)31-21/h12-17,19-21,26,28H,10-11H2,1-9H3/t12-,13+,14+,15+,16-,17-,19+,20+,21-,24+/m1/s1. The van der Waals surface area contributed by atoms with Gasteiger partial charge in [0.25, 0.3) is 0 Å². The fourth-order valence-electron chi connectivity index (χ4n) is 5.38. The Morgan fingerprint density at radius 1 is 0.968 bits per heavy atom. The maximum absolute atomic E-state index is 13.1. The summed E-state index contributed by atoms with van der Waals surface area (Å²) < 4.78 is 18.1. The van der Waals surface area contributed by atoms with Crippen LogP contribution in [0, 0.1) is 29.6 Å². The molecule has 2 aliphatic rings. The largest absolute Gasteiger partial charge is 0.462 e. The Balaban J connectivity index is 2.51. The van der Waals surface area contributed by atoms with Crippen LogP contribution in [0.2, 0.25) is 0 Å². The second-order valence-corrected chi connectivity index (χ2v) is 10.6. The smallest absolute Gasteiger partial charge is 0.311 e. The molecule has 10 atom stereocenters. The number of rotatable bonds is 1. The van der Waals surface area contributed by atoms with E-state index in [1.165, 1.54) is 0 Å². The molecule has 2 rings (SSSR count). The van der Waals surface area contributed by atoms with E-state index in [9.17, 15) is 19.8 Å². The molecule has 0 spiro atoms. The van der Waals surface area contributed by atoms with Crippen molar-refractivity contribution in [3.05, 3.63) is 0 Å². The number of carbonyl (C=O) groups is 2. The first-order chi connectivity index (χ1) is 14.1. The van der Waals surface area contributed by atoms with Crippen LogP contribution in [-0.4, -0.2) is 57.8 Å². The maximum Gasteiger partial charge on any atom is 0.311 e. The lowest BCUT2D eigenvalue weighted by molar-refractivity contribution is -0.350. The van der Waals surface area contributed by atoms with Crippen LogP contribution in [0.4, 0.5) is 0 Å². The molecule has 0 aliphatic carbocycles. The molecule has 2 saturated heterocycles. The molecule has 0 amide bonds.